The van der Waals surface area contributed by atoms with E-state index in [-0.39, 0.29) is 72.6 Å². The number of pyridine rings is 1. The van der Waals surface area contributed by atoms with E-state index in [1.54, 1.807) is 0 Å². The summed E-state index contributed by atoms with van der Waals surface area (Å²) in [6.07, 6.45) is -13.1. The molecule has 2 aromatic heterocycles. The number of hydrogen-bond donors (Lipinski definition) is 1. The SMILES string of the molecule is [2H]c1sc2c(c1[2H])c([O-])c(C(=O)N([2H])CCC([2H])([2H])N1C([2H])([2H])C([2H])([2H])C([2H])([2H])C([2H])([2H])C1([2H])[2H])c(=O)n2C([2H])(C([2H])([2H])[2H])C([2H])([2H])[2H].[K+]. The van der Waals surface area contributed by atoms with Crippen molar-refractivity contribution >= 4 is 27.5 Å². The number of thiophene rings is 1. The van der Waals surface area contributed by atoms with E-state index in [1.807, 2.05) is 0 Å². The summed E-state index contributed by atoms with van der Waals surface area (Å²) in [6, 6.07) is -4.92. The Morgan fingerprint density at radius 2 is 2.30 bits per heavy atom. The molecule has 0 atom stereocenters. The number of amides is 1. The van der Waals surface area contributed by atoms with Crippen molar-refractivity contribution in [1.82, 2.24) is 14.8 Å². The summed E-state index contributed by atoms with van der Waals surface area (Å²) in [5.41, 5.74) is -3.73. The first kappa shape index (κ1) is 7.18. The van der Waals surface area contributed by atoms with Crippen LogP contribution in [0.1, 0.15) is 84.4 Å². The van der Waals surface area contributed by atoms with E-state index in [0.29, 0.717) is 0 Å². The third kappa shape index (κ3) is 5.23. The minimum absolute atomic E-state index is 0. The van der Waals surface area contributed by atoms with Gasteiger partial charge >= 0.3 is 51.4 Å². The molecular formula is C19H26KN3O3S. The molecule has 1 amide bonds. The van der Waals surface area contributed by atoms with E-state index in [1.165, 1.54) is 0 Å². The van der Waals surface area contributed by atoms with Crippen molar-refractivity contribution in [3.8, 4) is 5.75 Å². The molecule has 0 bridgehead atoms. The molecule has 3 heterocycles. The quantitative estimate of drug-likeness (QED) is 0.608. The summed E-state index contributed by atoms with van der Waals surface area (Å²) in [6.45, 7) is -20.5. The predicted molar refractivity (Wildman–Crippen MR) is 103 cm³/mol. The Labute approximate surface area is 237 Å². The van der Waals surface area contributed by atoms with Crippen LogP contribution in [0.5, 0.6) is 5.75 Å². The molecule has 3 rings (SSSR count). The molecule has 0 unspecified atom stereocenters. The second kappa shape index (κ2) is 10.5. The largest absolute Gasteiger partial charge is 1.00 e. The maximum Gasteiger partial charge on any atom is 1.00 e. The zero-order valence-corrected chi connectivity index (χ0v) is 17.8. The van der Waals surface area contributed by atoms with E-state index in [0.717, 1.165) is 0 Å². The number of fused-ring (bicyclic) bond motifs is 1. The van der Waals surface area contributed by atoms with Crippen molar-refractivity contribution in [3.05, 3.63) is 27.3 Å². The van der Waals surface area contributed by atoms with Crippen LogP contribution in [0.4, 0.5) is 0 Å². The summed E-state index contributed by atoms with van der Waals surface area (Å²) >= 11 is 0.0863. The Bertz CT molecular complexity index is 1650. The number of carbonyl (C=O) groups is 1. The number of nitrogens with zero attached hydrogens (tertiary/aromatic N) is 2. The van der Waals surface area contributed by atoms with Crippen molar-refractivity contribution in [2.24, 2.45) is 0 Å². The number of piperidine rings is 1. The topological polar surface area (TPSA) is 77.4 Å². The minimum atomic E-state index is -3.94. The van der Waals surface area contributed by atoms with Crippen LogP contribution in [0.25, 0.3) is 10.2 Å². The van der Waals surface area contributed by atoms with Gasteiger partial charge in [0, 0.05) is 42.6 Å². The Balaban J connectivity index is 0.00000833. The first-order valence-electron chi connectivity index (χ1n) is 18.0. The Morgan fingerprint density at radius 1 is 1.56 bits per heavy atom. The van der Waals surface area contributed by atoms with Gasteiger partial charge in [0.15, 0.2) is 1.41 Å². The molecule has 0 spiro atoms. The van der Waals surface area contributed by atoms with Gasteiger partial charge in [-0.2, -0.15) is 0 Å². The normalized spacial score (nSPS) is 38.2. The fraction of sp³-hybridized carbons (Fsp3) is 0.579. The van der Waals surface area contributed by atoms with Crippen molar-refractivity contribution in [1.29, 1.82) is 0 Å². The average Bonchev–Trinajstić information content (AvgIpc) is 3.17. The molecule has 27 heavy (non-hydrogen) atoms. The molecule has 1 aliphatic rings. The fourth-order valence-electron chi connectivity index (χ4n) is 2.06. The number of nitrogens with one attached hydrogen (secondary N) is 1. The molecule has 0 radical (unpaired) electrons. The Morgan fingerprint density at radius 3 is 3.00 bits per heavy atom. The number of carbonyl (C=O) groups excluding carboxylic acids is 1. The van der Waals surface area contributed by atoms with Gasteiger partial charge in [0.1, 0.15) is 4.83 Å². The molecule has 6 nitrogen and oxygen atoms in total. The van der Waals surface area contributed by atoms with Gasteiger partial charge in [0.25, 0.3) is 11.5 Å². The zero-order chi connectivity index (χ0) is 38.0. The van der Waals surface area contributed by atoms with Crippen LogP contribution < -0.4 is 67.4 Å². The van der Waals surface area contributed by atoms with Gasteiger partial charge in [-0.1, -0.05) is 12.1 Å². The van der Waals surface area contributed by atoms with E-state index in [9.17, 15) is 14.7 Å². The van der Waals surface area contributed by atoms with Crippen LogP contribution in [-0.2, 0) is 0 Å². The number of likely N-dealkylation sites (tertiary alicyclic amines) is 1. The van der Waals surface area contributed by atoms with E-state index < -0.39 is 121 Å². The van der Waals surface area contributed by atoms with Crippen LogP contribution in [0.3, 0.4) is 0 Å². The second-order valence-electron chi connectivity index (χ2n) is 4.73. The molecular weight excluding hydrogens is 389 g/mol. The van der Waals surface area contributed by atoms with E-state index in [2.05, 4.69) is 0 Å². The molecule has 1 saturated heterocycles. The van der Waals surface area contributed by atoms with Crippen molar-refractivity contribution in [2.45, 2.75) is 45.3 Å². The van der Waals surface area contributed by atoms with Gasteiger partial charge in [-0.15, -0.1) is 11.3 Å². The standard InChI is InChI=1S/C19H27N3O3S.K/c1-13(2)22-18(25)15(16(23)14-7-12-26-19(14)22)17(24)20-8-6-11-21-9-4-3-5-10-21;/h7,12-13,23H,3-6,8-11H2,1-2H3,(H,20,24);/q;+1/p-1/i1D3,2D3,3D2,4D2,5D2,7D,9D2,10D2,11D2,12D,13D;/hD. The van der Waals surface area contributed by atoms with Gasteiger partial charge in [0.05, 0.1) is 9.68 Å². The number of rotatable bonds is 6. The van der Waals surface area contributed by atoms with Gasteiger partial charge in [-0.05, 0) is 63.8 Å². The Kier molecular flexibility index (Phi) is 2.80. The van der Waals surface area contributed by atoms with E-state index >= 15 is 0 Å². The zero-order valence-electron chi connectivity index (χ0n) is 35.9. The van der Waals surface area contributed by atoms with Crippen LogP contribution in [0.2, 0.25) is 1.41 Å². The second-order valence-corrected chi connectivity index (χ2v) is 5.53. The number of hydrogen-bond acceptors (Lipinski definition) is 5. The van der Waals surface area contributed by atoms with Gasteiger partial charge in [-0.25, -0.2) is 0 Å². The molecule has 1 aliphatic heterocycles. The molecule has 0 aromatic carbocycles. The molecule has 2 aromatic rings. The maximum atomic E-state index is 13.6. The molecule has 8 heteroatoms. The smallest absolute Gasteiger partial charge is 0.871 e. The third-order valence-corrected chi connectivity index (χ3v) is 3.93. The van der Waals surface area contributed by atoms with Crippen LogP contribution in [-0.4, -0.2) is 41.4 Å². The molecule has 1 N–H and O–H groups in total. The molecule has 1 fully saturated rings. The van der Waals surface area contributed by atoms with Crippen LogP contribution in [0.15, 0.2) is 16.2 Å². The monoisotopic (exact) mass is 437 g/mol. The van der Waals surface area contributed by atoms with Crippen molar-refractivity contribution in [3.63, 3.8) is 0 Å². The first-order chi connectivity index (χ1) is 21.0. The summed E-state index contributed by atoms with van der Waals surface area (Å²) in [4.78, 5) is 25.5. The fourth-order valence-corrected chi connectivity index (χ4v) is 2.82. The van der Waals surface area contributed by atoms with Crippen LogP contribution >= 0.6 is 11.3 Å². The third-order valence-electron chi connectivity index (χ3n) is 3.15. The first-order valence-corrected chi connectivity index (χ1v) is 7.82. The summed E-state index contributed by atoms with van der Waals surface area (Å²) in [7, 11) is 0. The molecule has 142 valence electrons. The summed E-state index contributed by atoms with van der Waals surface area (Å²) in [5.74, 6) is -3.67. The van der Waals surface area contributed by atoms with Gasteiger partial charge in [0.2, 0.25) is 0 Å². The van der Waals surface area contributed by atoms with Crippen molar-refractivity contribution in [2.75, 3.05) is 26.0 Å². The minimum Gasteiger partial charge on any atom is -0.871 e. The maximum absolute atomic E-state index is 13.6. The average molecular weight is 438 g/mol. The summed E-state index contributed by atoms with van der Waals surface area (Å²) < 4.78 is 176. The molecule has 0 aliphatic carbocycles. The molecule has 0 saturated carbocycles. The predicted octanol–water partition coefficient (Wildman–Crippen LogP) is -0.673. The Hall–Kier alpha value is -0.224. The van der Waals surface area contributed by atoms with Gasteiger partial charge in [-0.3, -0.25) is 14.2 Å². The summed E-state index contributed by atoms with van der Waals surface area (Å²) in [5, 5.41) is 11.2. The van der Waals surface area contributed by atoms with Crippen LogP contribution in [0, 0.1) is 0 Å². The van der Waals surface area contributed by atoms with Gasteiger partial charge < -0.3 is 15.3 Å². The van der Waals surface area contributed by atoms with Crippen molar-refractivity contribution < 1.29 is 91.5 Å². The number of aromatic nitrogens is 1. The van der Waals surface area contributed by atoms with E-state index in [4.69, 9.17) is 30.2 Å².